The predicted octanol–water partition coefficient (Wildman–Crippen LogP) is 3.14. The number of thiophene rings is 1. The molecular formula is C13H10N2OS. The van der Waals surface area contributed by atoms with Gasteiger partial charge in [0, 0.05) is 10.4 Å². The fourth-order valence-electron chi connectivity index (χ4n) is 1.81. The summed E-state index contributed by atoms with van der Waals surface area (Å²) in [7, 11) is 0. The molecule has 0 spiro atoms. The van der Waals surface area contributed by atoms with Crippen LogP contribution >= 0.6 is 11.3 Å². The van der Waals surface area contributed by atoms with Crippen LogP contribution in [0.4, 0.5) is 5.69 Å². The molecule has 0 saturated heterocycles. The Labute approximate surface area is 103 Å². The average Bonchev–Trinajstić information content (AvgIpc) is 3.01. The first kappa shape index (κ1) is 10.3. The van der Waals surface area contributed by atoms with Crippen molar-refractivity contribution in [3.8, 4) is 6.07 Å². The second-order valence-corrected chi connectivity index (χ2v) is 5.27. The first-order valence-electron chi connectivity index (χ1n) is 5.43. The lowest BCUT2D eigenvalue weighted by Crippen LogP contribution is -2.22. The quantitative estimate of drug-likeness (QED) is 0.879. The van der Waals surface area contributed by atoms with Crippen LogP contribution in [0.15, 0.2) is 29.6 Å². The summed E-state index contributed by atoms with van der Waals surface area (Å²) in [6.45, 7) is 0. The van der Waals surface area contributed by atoms with Crippen LogP contribution in [0.2, 0.25) is 0 Å². The van der Waals surface area contributed by atoms with Gasteiger partial charge in [-0.1, -0.05) is 0 Å². The molecule has 4 heteroatoms. The summed E-state index contributed by atoms with van der Waals surface area (Å²) in [4.78, 5) is 11.9. The molecule has 1 fully saturated rings. The molecule has 1 saturated carbocycles. The summed E-state index contributed by atoms with van der Waals surface area (Å²) in [5.41, 5.74) is 0.00582. The van der Waals surface area contributed by atoms with Gasteiger partial charge >= 0.3 is 0 Å². The Hall–Kier alpha value is -1.86. The zero-order valence-electron chi connectivity index (χ0n) is 9.06. The molecule has 1 aliphatic carbocycles. The van der Waals surface area contributed by atoms with Crippen LogP contribution in [0.1, 0.15) is 12.8 Å². The highest BCUT2D eigenvalue weighted by molar-refractivity contribution is 7.17. The predicted molar refractivity (Wildman–Crippen MR) is 67.7 cm³/mol. The molecule has 1 heterocycles. The number of fused-ring (bicyclic) bond motifs is 1. The monoisotopic (exact) mass is 242 g/mol. The topological polar surface area (TPSA) is 52.9 Å². The molecule has 0 aliphatic heterocycles. The van der Waals surface area contributed by atoms with Crippen molar-refractivity contribution >= 4 is 33.0 Å². The standard InChI is InChI=1S/C13H10N2OS/c14-8-13(4-5-13)12(16)15-10-1-2-11-9(7-10)3-6-17-11/h1-3,6-7H,4-5H2,(H,15,16). The van der Waals surface area contributed by atoms with Gasteiger partial charge in [0.05, 0.1) is 6.07 Å². The molecule has 2 aromatic rings. The van der Waals surface area contributed by atoms with Crippen molar-refractivity contribution in [2.75, 3.05) is 5.32 Å². The number of rotatable bonds is 2. The Bertz CT molecular complexity index is 634. The normalized spacial score (nSPS) is 16.4. The number of nitrogens with one attached hydrogen (secondary N) is 1. The molecular weight excluding hydrogens is 232 g/mol. The van der Waals surface area contributed by atoms with Gasteiger partial charge in [-0.15, -0.1) is 11.3 Å². The highest BCUT2D eigenvalue weighted by Gasteiger charge is 2.50. The van der Waals surface area contributed by atoms with Crippen LogP contribution in [0, 0.1) is 16.7 Å². The molecule has 17 heavy (non-hydrogen) atoms. The largest absolute Gasteiger partial charge is 0.325 e. The fraction of sp³-hybridized carbons (Fsp3) is 0.231. The average molecular weight is 242 g/mol. The van der Waals surface area contributed by atoms with E-state index < -0.39 is 5.41 Å². The SMILES string of the molecule is N#CC1(C(=O)Nc2ccc3sccc3c2)CC1. The van der Waals surface area contributed by atoms with E-state index in [2.05, 4.69) is 11.4 Å². The first-order valence-corrected chi connectivity index (χ1v) is 6.31. The second kappa shape index (κ2) is 3.57. The maximum Gasteiger partial charge on any atom is 0.244 e. The van der Waals surface area contributed by atoms with E-state index in [0.29, 0.717) is 12.8 Å². The van der Waals surface area contributed by atoms with Crippen LogP contribution in [-0.2, 0) is 4.79 Å². The zero-order chi connectivity index (χ0) is 11.9. The number of nitriles is 1. The van der Waals surface area contributed by atoms with Crippen LogP contribution < -0.4 is 5.32 Å². The first-order chi connectivity index (χ1) is 8.23. The molecule has 1 amide bonds. The van der Waals surface area contributed by atoms with E-state index in [4.69, 9.17) is 5.26 Å². The van der Waals surface area contributed by atoms with Crippen molar-refractivity contribution in [2.45, 2.75) is 12.8 Å². The van der Waals surface area contributed by atoms with E-state index in [1.165, 1.54) is 4.70 Å². The molecule has 0 radical (unpaired) electrons. The van der Waals surface area contributed by atoms with E-state index in [1.54, 1.807) is 11.3 Å². The number of nitrogens with zero attached hydrogens (tertiary/aromatic N) is 1. The summed E-state index contributed by atoms with van der Waals surface area (Å²) in [5.74, 6) is -0.172. The van der Waals surface area contributed by atoms with Gasteiger partial charge in [-0.25, -0.2) is 0 Å². The maximum atomic E-state index is 11.9. The minimum absolute atomic E-state index is 0.172. The van der Waals surface area contributed by atoms with Gasteiger partial charge in [0.25, 0.3) is 0 Å². The van der Waals surface area contributed by atoms with Crippen molar-refractivity contribution in [3.05, 3.63) is 29.6 Å². The second-order valence-electron chi connectivity index (χ2n) is 4.32. The van der Waals surface area contributed by atoms with Gasteiger partial charge < -0.3 is 5.32 Å². The molecule has 84 valence electrons. The summed E-state index contributed by atoms with van der Waals surface area (Å²) in [6, 6.07) is 9.92. The highest BCUT2D eigenvalue weighted by atomic mass is 32.1. The summed E-state index contributed by atoms with van der Waals surface area (Å²) in [6.07, 6.45) is 1.35. The van der Waals surface area contributed by atoms with Crippen molar-refractivity contribution < 1.29 is 4.79 Å². The van der Waals surface area contributed by atoms with Crippen LogP contribution in [-0.4, -0.2) is 5.91 Å². The van der Waals surface area contributed by atoms with E-state index in [1.807, 2.05) is 29.6 Å². The molecule has 3 rings (SSSR count). The molecule has 3 nitrogen and oxygen atoms in total. The number of carbonyl (C=O) groups is 1. The molecule has 0 unspecified atom stereocenters. The Morgan fingerprint density at radius 3 is 2.94 bits per heavy atom. The van der Waals surface area contributed by atoms with Gasteiger partial charge in [-0.2, -0.15) is 5.26 Å². The van der Waals surface area contributed by atoms with Crippen LogP contribution in [0.25, 0.3) is 10.1 Å². The molecule has 0 atom stereocenters. The Balaban J connectivity index is 1.85. The van der Waals surface area contributed by atoms with Gasteiger partial charge in [0.2, 0.25) is 5.91 Å². The van der Waals surface area contributed by atoms with Crippen molar-refractivity contribution in [1.29, 1.82) is 5.26 Å². The van der Waals surface area contributed by atoms with Crippen molar-refractivity contribution in [2.24, 2.45) is 5.41 Å². The van der Waals surface area contributed by atoms with Gasteiger partial charge in [0.15, 0.2) is 0 Å². The fourth-order valence-corrected chi connectivity index (χ4v) is 2.58. The number of hydrogen-bond acceptors (Lipinski definition) is 3. The van der Waals surface area contributed by atoms with Crippen LogP contribution in [0.3, 0.4) is 0 Å². The molecule has 1 aromatic carbocycles. The van der Waals surface area contributed by atoms with E-state index >= 15 is 0 Å². The highest BCUT2D eigenvalue weighted by Crippen LogP contribution is 2.45. The number of amides is 1. The number of benzene rings is 1. The minimum atomic E-state index is -0.760. The zero-order valence-corrected chi connectivity index (χ0v) is 9.88. The van der Waals surface area contributed by atoms with E-state index in [0.717, 1.165) is 11.1 Å². The maximum absolute atomic E-state index is 11.9. The number of hydrogen-bond donors (Lipinski definition) is 1. The minimum Gasteiger partial charge on any atom is -0.325 e. The summed E-state index contributed by atoms with van der Waals surface area (Å²) in [5, 5.41) is 14.9. The third-order valence-corrected chi connectivity index (χ3v) is 4.01. The molecule has 1 aromatic heterocycles. The Morgan fingerprint density at radius 1 is 1.41 bits per heavy atom. The molecule has 1 aliphatic rings. The lowest BCUT2D eigenvalue weighted by molar-refractivity contribution is -0.119. The Kier molecular flexibility index (Phi) is 2.17. The summed E-state index contributed by atoms with van der Waals surface area (Å²) < 4.78 is 1.20. The third-order valence-electron chi connectivity index (χ3n) is 3.11. The van der Waals surface area contributed by atoms with E-state index in [9.17, 15) is 4.79 Å². The van der Waals surface area contributed by atoms with Gasteiger partial charge in [-0.3, -0.25) is 4.79 Å². The molecule has 1 N–H and O–H groups in total. The third kappa shape index (κ3) is 1.69. The van der Waals surface area contributed by atoms with E-state index in [-0.39, 0.29) is 5.91 Å². The smallest absolute Gasteiger partial charge is 0.244 e. The summed E-state index contributed by atoms with van der Waals surface area (Å²) >= 11 is 1.67. The molecule has 0 bridgehead atoms. The Morgan fingerprint density at radius 2 is 2.24 bits per heavy atom. The van der Waals surface area contributed by atoms with Crippen molar-refractivity contribution in [1.82, 2.24) is 0 Å². The lowest BCUT2D eigenvalue weighted by Gasteiger charge is -2.07. The van der Waals surface area contributed by atoms with Gasteiger partial charge in [-0.05, 0) is 47.9 Å². The van der Waals surface area contributed by atoms with Gasteiger partial charge in [0.1, 0.15) is 5.41 Å². The van der Waals surface area contributed by atoms with Crippen molar-refractivity contribution in [3.63, 3.8) is 0 Å². The van der Waals surface area contributed by atoms with Crippen LogP contribution in [0.5, 0.6) is 0 Å². The number of carbonyl (C=O) groups excluding carboxylic acids is 1. The lowest BCUT2D eigenvalue weighted by atomic mass is 10.1. The number of anilines is 1.